The number of sulfone groups is 1. The van der Waals surface area contributed by atoms with Gasteiger partial charge in [0.15, 0.2) is 9.84 Å². The SMILES string of the molecule is CS(=O)(=O)c1ccc(C2(c3nc(-c4ccc(F)cc4)c(-c4ccncc4)[nH]3)C=CC=CN2)cc1. The fourth-order valence-electron chi connectivity index (χ4n) is 4.02. The van der Waals surface area contributed by atoms with E-state index in [1.165, 1.54) is 18.4 Å². The van der Waals surface area contributed by atoms with Gasteiger partial charge in [0.1, 0.15) is 17.2 Å². The third kappa shape index (κ3) is 3.92. The van der Waals surface area contributed by atoms with Crippen molar-refractivity contribution in [3.8, 4) is 22.5 Å². The molecule has 0 fully saturated rings. The lowest BCUT2D eigenvalue weighted by Crippen LogP contribution is -2.40. The van der Waals surface area contributed by atoms with Gasteiger partial charge >= 0.3 is 0 Å². The molecule has 0 bridgehead atoms. The van der Waals surface area contributed by atoms with E-state index in [1.807, 2.05) is 36.6 Å². The van der Waals surface area contributed by atoms with Crippen LogP contribution in [0.15, 0.2) is 102 Å². The molecule has 1 atom stereocenters. The van der Waals surface area contributed by atoms with Gasteiger partial charge in [0.2, 0.25) is 0 Å². The molecule has 0 spiro atoms. The van der Waals surface area contributed by atoms with Crippen molar-refractivity contribution in [3.63, 3.8) is 0 Å². The molecule has 4 aromatic rings. The number of benzene rings is 2. The van der Waals surface area contributed by atoms with Crippen LogP contribution < -0.4 is 5.32 Å². The number of nitrogens with one attached hydrogen (secondary N) is 2. The van der Waals surface area contributed by atoms with Crippen molar-refractivity contribution in [1.82, 2.24) is 20.3 Å². The highest BCUT2D eigenvalue weighted by Gasteiger charge is 2.36. The second-order valence-electron chi connectivity index (χ2n) is 8.02. The number of pyridine rings is 1. The molecule has 0 radical (unpaired) electrons. The number of nitrogens with zero attached hydrogens (tertiary/aromatic N) is 2. The molecular formula is C26H21FN4O2S. The van der Waals surface area contributed by atoms with E-state index in [0.29, 0.717) is 11.5 Å². The lowest BCUT2D eigenvalue weighted by Gasteiger charge is -2.31. The second kappa shape index (κ2) is 8.39. The van der Waals surface area contributed by atoms with Gasteiger partial charge in [-0.25, -0.2) is 17.8 Å². The zero-order valence-corrected chi connectivity index (χ0v) is 19.1. The Morgan fingerprint density at radius 2 is 1.59 bits per heavy atom. The van der Waals surface area contributed by atoms with Crippen molar-refractivity contribution >= 4 is 9.84 Å². The second-order valence-corrected chi connectivity index (χ2v) is 10.0. The Morgan fingerprint density at radius 1 is 0.882 bits per heavy atom. The average molecular weight is 473 g/mol. The lowest BCUT2D eigenvalue weighted by atomic mass is 9.87. The van der Waals surface area contributed by atoms with Gasteiger partial charge in [-0.3, -0.25) is 4.98 Å². The topological polar surface area (TPSA) is 87.7 Å². The maximum absolute atomic E-state index is 13.6. The smallest absolute Gasteiger partial charge is 0.175 e. The number of hydrogen-bond acceptors (Lipinski definition) is 5. The van der Waals surface area contributed by atoms with E-state index in [9.17, 15) is 12.8 Å². The molecule has 5 rings (SSSR count). The Balaban J connectivity index is 1.71. The van der Waals surface area contributed by atoms with Gasteiger partial charge in [-0.15, -0.1) is 0 Å². The minimum absolute atomic E-state index is 0.241. The van der Waals surface area contributed by atoms with Crippen LogP contribution in [-0.4, -0.2) is 29.6 Å². The summed E-state index contributed by atoms with van der Waals surface area (Å²) < 4.78 is 37.5. The van der Waals surface area contributed by atoms with E-state index in [1.54, 1.807) is 48.8 Å². The summed E-state index contributed by atoms with van der Waals surface area (Å²) in [5.74, 6) is 0.278. The predicted molar refractivity (Wildman–Crippen MR) is 129 cm³/mol. The van der Waals surface area contributed by atoms with Crippen LogP contribution in [0.4, 0.5) is 4.39 Å². The van der Waals surface area contributed by atoms with Gasteiger partial charge in [-0.2, -0.15) is 0 Å². The molecule has 8 heteroatoms. The third-order valence-electron chi connectivity index (χ3n) is 5.77. The standard InChI is InChI=1S/C26H21FN4O2S/c1-34(32,33)22-10-6-20(7-11-22)26(14-2-3-15-29-26)25-30-23(18-4-8-21(27)9-5-18)24(31-25)19-12-16-28-17-13-19/h2-17,29H,1H3,(H,30,31). The number of aromatic amines is 1. The van der Waals surface area contributed by atoms with Crippen LogP contribution in [0.1, 0.15) is 11.4 Å². The van der Waals surface area contributed by atoms with E-state index < -0.39 is 15.4 Å². The zero-order valence-electron chi connectivity index (χ0n) is 18.2. The average Bonchev–Trinajstić information content (AvgIpc) is 3.31. The third-order valence-corrected chi connectivity index (χ3v) is 6.89. The van der Waals surface area contributed by atoms with Crippen LogP contribution >= 0.6 is 0 Å². The van der Waals surface area contributed by atoms with E-state index >= 15 is 0 Å². The Morgan fingerprint density at radius 3 is 2.21 bits per heavy atom. The molecule has 2 aromatic heterocycles. The number of rotatable bonds is 5. The molecule has 3 heterocycles. The van der Waals surface area contributed by atoms with E-state index in [-0.39, 0.29) is 10.7 Å². The Bertz CT molecular complexity index is 1490. The van der Waals surface area contributed by atoms with Crippen molar-refractivity contribution in [2.75, 3.05) is 6.26 Å². The molecule has 0 saturated heterocycles. The largest absolute Gasteiger partial charge is 0.372 e. The highest BCUT2D eigenvalue weighted by molar-refractivity contribution is 7.90. The zero-order chi connectivity index (χ0) is 23.8. The number of dihydropyridines is 1. The summed E-state index contributed by atoms with van der Waals surface area (Å²) in [5.41, 5.74) is 3.00. The molecule has 34 heavy (non-hydrogen) atoms. The molecule has 170 valence electrons. The monoisotopic (exact) mass is 472 g/mol. The summed E-state index contributed by atoms with van der Waals surface area (Å²) >= 11 is 0. The first kappa shape index (κ1) is 21.8. The Hall–Kier alpha value is -4.04. The number of aromatic nitrogens is 3. The van der Waals surface area contributed by atoms with Crippen molar-refractivity contribution in [3.05, 3.63) is 115 Å². The van der Waals surface area contributed by atoms with Crippen molar-refractivity contribution in [2.24, 2.45) is 0 Å². The van der Waals surface area contributed by atoms with Crippen LogP contribution in [0.25, 0.3) is 22.5 Å². The maximum Gasteiger partial charge on any atom is 0.175 e. The molecule has 0 aliphatic carbocycles. The summed E-state index contributed by atoms with van der Waals surface area (Å²) in [7, 11) is -3.33. The molecule has 1 aliphatic rings. The van der Waals surface area contributed by atoms with Crippen molar-refractivity contribution < 1.29 is 12.8 Å². The first-order valence-corrected chi connectivity index (χ1v) is 12.5. The van der Waals surface area contributed by atoms with Gasteiger partial charge in [-0.1, -0.05) is 18.2 Å². The molecule has 6 nitrogen and oxygen atoms in total. The van der Waals surface area contributed by atoms with Crippen molar-refractivity contribution in [1.29, 1.82) is 0 Å². The first-order valence-electron chi connectivity index (χ1n) is 10.6. The number of H-pyrrole nitrogens is 1. The highest BCUT2D eigenvalue weighted by atomic mass is 32.2. The number of imidazole rings is 1. The summed E-state index contributed by atoms with van der Waals surface area (Å²) in [6.45, 7) is 0. The summed E-state index contributed by atoms with van der Waals surface area (Å²) in [6, 6.07) is 16.7. The predicted octanol–water partition coefficient (Wildman–Crippen LogP) is 4.60. The number of allylic oxidation sites excluding steroid dienone is 2. The summed E-state index contributed by atoms with van der Waals surface area (Å²) in [6.07, 6.45) is 12.1. The summed E-state index contributed by atoms with van der Waals surface area (Å²) in [4.78, 5) is 12.8. The van der Waals surface area contributed by atoms with Crippen LogP contribution in [0, 0.1) is 5.82 Å². The van der Waals surface area contributed by atoms with Gasteiger partial charge in [0.05, 0.1) is 16.3 Å². The normalized spacial score (nSPS) is 17.5. The molecule has 0 saturated carbocycles. The summed E-state index contributed by atoms with van der Waals surface area (Å²) in [5, 5.41) is 3.39. The molecule has 2 aromatic carbocycles. The quantitative estimate of drug-likeness (QED) is 0.443. The van der Waals surface area contributed by atoms with Crippen LogP contribution in [-0.2, 0) is 15.4 Å². The first-order chi connectivity index (χ1) is 16.4. The Labute approximate surface area is 196 Å². The minimum atomic E-state index is -3.33. The molecular weight excluding hydrogens is 451 g/mol. The van der Waals surface area contributed by atoms with Gasteiger partial charge in [0, 0.05) is 29.8 Å². The number of hydrogen-bond donors (Lipinski definition) is 2. The van der Waals surface area contributed by atoms with Crippen LogP contribution in [0.5, 0.6) is 0 Å². The van der Waals surface area contributed by atoms with Gasteiger partial charge in [-0.05, 0) is 72.4 Å². The molecule has 1 unspecified atom stereocenters. The van der Waals surface area contributed by atoms with Gasteiger partial charge in [0.25, 0.3) is 0 Å². The van der Waals surface area contributed by atoms with Crippen molar-refractivity contribution in [2.45, 2.75) is 10.4 Å². The fourth-order valence-corrected chi connectivity index (χ4v) is 4.65. The lowest BCUT2D eigenvalue weighted by molar-refractivity contribution is 0.535. The molecule has 0 amide bonds. The van der Waals surface area contributed by atoms with Crippen LogP contribution in [0.2, 0.25) is 0 Å². The van der Waals surface area contributed by atoms with E-state index in [4.69, 9.17) is 4.98 Å². The minimum Gasteiger partial charge on any atom is -0.372 e. The molecule has 1 aliphatic heterocycles. The molecule has 2 N–H and O–H groups in total. The highest BCUT2D eigenvalue weighted by Crippen LogP contribution is 2.37. The van der Waals surface area contributed by atoms with E-state index in [2.05, 4.69) is 15.3 Å². The van der Waals surface area contributed by atoms with E-state index in [0.717, 1.165) is 22.4 Å². The fraction of sp³-hybridized carbons (Fsp3) is 0.0769. The maximum atomic E-state index is 13.6. The number of halogens is 1. The Kier molecular flexibility index (Phi) is 5.37. The van der Waals surface area contributed by atoms with Gasteiger partial charge < -0.3 is 10.3 Å². The van der Waals surface area contributed by atoms with Crippen LogP contribution in [0.3, 0.4) is 0 Å².